The molecule has 6 heteroatoms. The van der Waals surface area contributed by atoms with Crippen LogP contribution >= 0.6 is 0 Å². The van der Waals surface area contributed by atoms with E-state index in [-0.39, 0.29) is 0 Å². The summed E-state index contributed by atoms with van der Waals surface area (Å²) in [6.45, 7) is 4.50. The van der Waals surface area contributed by atoms with Crippen LogP contribution in [0, 0.1) is 0 Å². The minimum absolute atomic E-state index is 0.392. The van der Waals surface area contributed by atoms with E-state index in [9.17, 15) is 13.2 Å². The third kappa shape index (κ3) is 4.57. The molecule has 0 aromatic carbocycles. The Morgan fingerprint density at radius 1 is 1.21 bits per heavy atom. The Kier molecular flexibility index (Phi) is 5.71. The van der Waals surface area contributed by atoms with E-state index in [1.54, 1.807) is 0 Å². The summed E-state index contributed by atoms with van der Waals surface area (Å²) in [5.41, 5.74) is 0. The van der Waals surface area contributed by atoms with Crippen molar-refractivity contribution in [1.29, 1.82) is 0 Å². The Morgan fingerprint density at radius 3 is 1.93 bits per heavy atom. The maximum atomic E-state index is 11.5. The van der Waals surface area contributed by atoms with Gasteiger partial charge in [0.15, 0.2) is 5.75 Å². The fraction of sp³-hybridized carbons (Fsp3) is 0.875. The van der Waals surface area contributed by atoms with Gasteiger partial charge < -0.3 is 5.11 Å². The summed E-state index contributed by atoms with van der Waals surface area (Å²) >= 11 is 0. The van der Waals surface area contributed by atoms with Crippen LogP contribution in [0.25, 0.3) is 0 Å². The van der Waals surface area contributed by atoms with E-state index in [1.165, 1.54) is 4.31 Å². The van der Waals surface area contributed by atoms with Crippen molar-refractivity contribution in [1.82, 2.24) is 4.31 Å². The fourth-order valence-electron chi connectivity index (χ4n) is 1.14. The fourth-order valence-corrected chi connectivity index (χ4v) is 2.55. The van der Waals surface area contributed by atoms with Gasteiger partial charge in [-0.05, 0) is 12.8 Å². The average Bonchev–Trinajstić information content (AvgIpc) is 2.01. The van der Waals surface area contributed by atoms with Crippen LogP contribution in [-0.2, 0) is 14.8 Å². The van der Waals surface area contributed by atoms with Gasteiger partial charge in [-0.25, -0.2) is 12.7 Å². The van der Waals surface area contributed by atoms with Gasteiger partial charge in [0, 0.05) is 13.1 Å². The van der Waals surface area contributed by atoms with Crippen LogP contribution in [0.1, 0.15) is 26.7 Å². The molecule has 0 saturated heterocycles. The zero-order valence-corrected chi connectivity index (χ0v) is 9.38. The van der Waals surface area contributed by atoms with E-state index in [0.717, 1.165) is 0 Å². The Hall–Kier alpha value is -0.620. The molecule has 0 spiro atoms. The molecule has 5 nitrogen and oxygen atoms in total. The highest BCUT2D eigenvalue weighted by molar-refractivity contribution is 7.89. The maximum absolute atomic E-state index is 11.5. The van der Waals surface area contributed by atoms with Crippen LogP contribution in [0.3, 0.4) is 0 Å². The zero-order chi connectivity index (χ0) is 11.2. The lowest BCUT2D eigenvalue weighted by Gasteiger charge is -2.19. The van der Waals surface area contributed by atoms with E-state index >= 15 is 0 Å². The molecule has 0 aromatic rings. The van der Waals surface area contributed by atoms with Crippen molar-refractivity contribution in [2.24, 2.45) is 0 Å². The quantitative estimate of drug-likeness (QED) is 0.683. The molecule has 0 aromatic heterocycles. The molecule has 0 saturated carbocycles. The van der Waals surface area contributed by atoms with Crippen molar-refractivity contribution < 1.29 is 18.3 Å². The number of sulfonamides is 1. The van der Waals surface area contributed by atoms with Gasteiger partial charge in [0.25, 0.3) is 0 Å². The SMILES string of the molecule is CCCN(CCC)S(=O)(=O)CC(=O)O. The minimum Gasteiger partial charge on any atom is -0.480 e. The molecule has 0 aliphatic carbocycles. The minimum atomic E-state index is -3.61. The smallest absolute Gasteiger partial charge is 0.320 e. The topological polar surface area (TPSA) is 74.7 Å². The first-order chi connectivity index (χ1) is 6.44. The van der Waals surface area contributed by atoms with E-state index < -0.39 is 21.7 Å². The molecule has 14 heavy (non-hydrogen) atoms. The molecule has 0 heterocycles. The highest BCUT2D eigenvalue weighted by Crippen LogP contribution is 2.04. The summed E-state index contributed by atoms with van der Waals surface area (Å²) in [4.78, 5) is 10.3. The van der Waals surface area contributed by atoms with Gasteiger partial charge in [0.2, 0.25) is 10.0 Å². The number of carboxylic acids is 1. The molecule has 1 N–H and O–H groups in total. The Morgan fingerprint density at radius 2 is 1.64 bits per heavy atom. The lowest BCUT2D eigenvalue weighted by molar-refractivity contribution is -0.134. The number of hydrogen-bond donors (Lipinski definition) is 1. The molecular formula is C8H17NO4S. The van der Waals surface area contributed by atoms with Crippen LogP contribution in [0.5, 0.6) is 0 Å². The van der Waals surface area contributed by atoms with Crippen molar-refractivity contribution in [3.8, 4) is 0 Å². The van der Waals surface area contributed by atoms with Crippen molar-refractivity contribution in [2.75, 3.05) is 18.8 Å². The predicted octanol–water partition coefficient (Wildman–Crippen LogP) is 0.523. The van der Waals surface area contributed by atoms with Gasteiger partial charge in [0.05, 0.1) is 0 Å². The van der Waals surface area contributed by atoms with E-state index in [2.05, 4.69) is 0 Å². The molecule has 0 fully saturated rings. The summed E-state index contributed by atoms with van der Waals surface area (Å²) in [6.07, 6.45) is 1.39. The average molecular weight is 223 g/mol. The highest BCUT2D eigenvalue weighted by atomic mass is 32.2. The number of nitrogens with zero attached hydrogens (tertiary/aromatic N) is 1. The van der Waals surface area contributed by atoms with E-state index in [4.69, 9.17) is 5.11 Å². The largest absolute Gasteiger partial charge is 0.480 e. The van der Waals surface area contributed by atoms with Gasteiger partial charge in [0.1, 0.15) is 0 Å². The Bertz CT molecular complexity index is 267. The number of carbonyl (C=O) groups is 1. The standard InChI is InChI=1S/C8H17NO4S/c1-3-5-9(6-4-2)14(12,13)7-8(10)11/h3-7H2,1-2H3,(H,10,11). The third-order valence-electron chi connectivity index (χ3n) is 1.65. The summed E-state index contributed by atoms with van der Waals surface area (Å²) in [6, 6.07) is 0. The number of rotatable bonds is 7. The maximum Gasteiger partial charge on any atom is 0.320 e. The number of aliphatic carboxylic acids is 1. The molecular weight excluding hydrogens is 206 g/mol. The monoisotopic (exact) mass is 223 g/mol. The predicted molar refractivity (Wildman–Crippen MR) is 53.6 cm³/mol. The Balaban J connectivity index is 4.53. The van der Waals surface area contributed by atoms with Gasteiger partial charge in [-0.1, -0.05) is 13.8 Å². The second kappa shape index (κ2) is 5.98. The molecule has 0 atom stereocenters. The Labute approximate surface area is 84.8 Å². The first-order valence-corrected chi connectivity index (χ1v) is 6.24. The molecule has 0 rings (SSSR count). The first-order valence-electron chi connectivity index (χ1n) is 4.63. The summed E-state index contributed by atoms with van der Waals surface area (Å²) < 4.78 is 24.2. The zero-order valence-electron chi connectivity index (χ0n) is 8.56. The molecule has 0 aliphatic heterocycles. The second-order valence-corrected chi connectivity index (χ2v) is 5.02. The molecule has 0 amide bonds. The highest BCUT2D eigenvalue weighted by Gasteiger charge is 2.23. The van der Waals surface area contributed by atoms with Crippen molar-refractivity contribution >= 4 is 16.0 Å². The van der Waals surface area contributed by atoms with Crippen LogP contribution in [0.4, 0.5) is 0 Å². The summed E-state index contributed by atoms with van der Waals surface area (Å²) in [5, 5.41) is 8.43. The lowest BCUT2D eigenvalue weighted by Crippen LogP contribution is -2.36. The van der Waals surface area contributed by atoms with Crippen LogP contribution in [0.15, 0.2) is 0 Å². The molecule has 0 radical (unpaired) electrons. The summed E-state index contributed by atoms with van der Waals surface area (Å²) in [5.74, 6) is -2.12. The summed E-state index contributed by atoms with van der Waals surface area (Å²) in [7, 11) is -3.61. The van der Waals surface area contributed by atoms with Crippen molar-refractivity contribution in [3.05, 3.63) is 0 Å². The number of hydrogen-bond acceptors (Lipinski definition) is 3. The van der Waals surface area contributed by atoms with Crippen molar-refractivity contribution in [3.63, 3.8) is 0 Å². The van der Waals surface area contributed by atoms with Gasteiger partial charge >= 0.3 is 5.97 Å². The van der Waals surface area contributed by atoms with Crippen molar-refractivity contribution in [2.45, 2.75) is 26.7 Å². The lowest BCUT2D eigenvalue weighted by atomic mass is 10.4. The van der Waals surface area contributed by atoms with Gasteiger partial charge in [-0.2, -0.15) is 0 Å². The molecule has 0 aliphatic rings. The van der Waals surface area contributed by atoms with Crippen LogP contribution in [0.2, 0.25) is 0 Å². The van der Waals surface area contributed by atoms with Crippen LogP contribution < -0.4 is 0 Å². The number of carboxylic acid groups (broad SMARTS) is 1. The molecule has 84 valence electrons. The van der Waals surface area contributed by atoms with Gasteiger partial charge in [-0.15, -0.1) is 0 Å². The normalized spacial score (nSPS) is 11.9. The van der Waals surface area contributed by atoms with Gasteiger partial charge in [-0.3, -0.25) is 4.79 Å². The molecule has 0 unspecified atom stereocenters. The second-order valence-electron chi connectivity index (χ2n) is 3.05. The third-order valence-corrected chi connectivity index (χ3v) is 3.41. The van der Waals surface area contributed by atoms with E-state index in [1.807, 2.05) is 13.8 Å². The molecule has 0 bridgehead atoms. The first kappa shape index (κ1) is 13.4. The van der Waals surface area contributed by atoms with Crippen LogP contribution in [-0.4, -0.2) is 42.6 Å². The van der Waals surface area contributed by atoms with E-state index in [0.29, 0.717) is 25.9 Å².